The largest absolute Gasteiger partial charge is 0.507 e. The molecule has 4 aromatic heterocycles. The van der Waals surface area contributed by atoms with Crippen LogP contribution in [0, 0.1) is 46.7 Å². The maximum Gasteiger partial charge on any atom is 0.148 e. The number of hydrogen-bond donors (Lipinski definition) is 2. The molecule has 0 saturated carbocycles. The van der Waals surface area contributed by atoms with Crippen LogP contribution < -0.4 is 0 Å². The Morgan fingerprint density at radius 2 is 0.776 bits per heavy atom. The number of phenolic OH excluding ortho intramolecular Hbond substituents is 2. The molecule has 0 fully saturated rings. The van der Waals surface area contributed by atoms with Gasteiger partial charge < -0.3 is 10.2 Å². The normalized spacial score (nSPS) is 16.6. The average molecular weight is 2040 g/mol. The Hall–Kier alpha value is -11.1. The van der Waals surface area contributed by atoms with Gasteiger partial charge in [-0.1, -0.05) is 311 Å². The van der Waals surface area contributed by atoms with Crippen LogP contribution >= 0.6 is 0 Å². The van der Waals surface area contributed by atoms with E-state index in [-0.39, 0.29) is 104 Å². The van der Waals surface area contributed by atoms with E-state index < -0.39 is 141 Å². The first kappa shape index (κ1) is 58.9. The molecule has 0 radical (unpaired) electrons. The standard InChI is InChI=1S/C59H62N3O.C56H56N3O.2Pt/c1-35(2)43-28-44(36(3)4)30-45(29-43)41-19-22-53(38(6)27-41)62-54-16-14-15-50(55(54)61-57(62)51-26-37(5)25-39(7)56(51)63)46-31-47(33-49(32-46)59(11,12)13)52-34-42(23-24-60-52)40-17-20-48(21-18-40)58(8,9)10;1-35-28-36(2)52(60)47(29-35)53-58-51-45(18-15-19-50(51)59(53)49-25-24-43(55(6,7)8)34-46(49)38-16-13-12-14-17-38)40-30-41(32-44(31-40)56(9,10)11)48-33-39(26-27-57-48)37-20-22-42(23-21-37)54(3,4)5;;/h14-30,32-36,63H,1-13H3;12-29,31-34,60H,1-11H3;;/q2*-1;;/i6D3,8D3,9D3,10D3,17D,18D,20D,21D,35D,36D;3D3,4D3,5D3,20D,21D,22D,23D;;. The summed E-state index contributed by atoms with van der Waals surface area (Å²) in [4.78, 5) is 20.0. The summed E-state index contributed by atoms with van der Waals surface area (Å²) in [6.45, 7) is 7.56. The molecule has 0 atom stereocenters. The second kappa shape index (κ2) is 35.7. The third kappa shape index (κ3) is 19.2. The molecule has 0 amide bonds. The van der Waals surface area contributed by atoms with Gasteiger partial charge in [0.2, 0.25) is 0 Å². The number of fused-ring (bicyclic) bond motifs is 2. The zero-order valence-electron chi connectivity index (χ0n) is 104. The molecule has 10 heteroatoms. The summed E-state index contributed by atoms with van der Waals surface area (Å²) in [7, 11) is 0. The molecule has 125 heavy (non-hydrogen) atoms. The van der Waals surface area contributed by atoms with Crippen LogP contribution in [0.15, 0.2) is 255 Å². The van der Waals surface area contributed by atoms with Crippen molar-refractivity contribution in [3.63, 3.8) is 0 Å². The number of imidazole rings is 2. The smallest absolute Gasteiger partial charge is 0.148 e. The Morgan fingerprint density at radius 1 is 0.352 bits per heavy atom. The molecule has 8 nitrogen and oxygen atoms in total. The van der Waals surface area contributed by atoms with Crippen LogP contribution in [0.1, 0.15) is 252 Å². The molecule has 2 N–H and O–H groups in total. The van der Waals surface area contributed by atoms with Gasteiger partial charge in [0.15, 0.2) is 0 Å². The third-order valence-electron chi connectivity index (χ3n) is 22.3. The maximum absolute atomic E-state index is 11.8. The summed E-state index contributed by atoms with van der Waals surface area (Å²) in [5.41, 5.74) is 6.70. The molecular weight excluding hydrogens is 1890 g/mol. The molecule has 0 bridgehead atoms. The fraction of sp³-hybridized carbons (Fsp3) is 0.270. The van der Waals surface area contributed by atoms with E-state index >= 15 is 0 Å². The minimum absolute atomic E-state index is 0. The second-order valence-corrected chi connectivity index (χ2v) is 35.5. The fourth-order valence-electron chi connectivity index (χ4n) is 15.4. The van der Waals surface area contributed by atoms with Crippen molar-refractivity contribution < 1.29 is 94.8 Å². The molecule has 642 valence electrons. The summed E-state index contributed by atoms with van der Waals surface area (Å²) < 4.78 is 269. The molecule has 16 aromatic rings. The molecule has 0 saturated heterocycles. The van der Waals surface area contributed by atoms with E-state index in [4.69, 9.17) is 52.5 Å². The summed E-state index contributed by atoms with van der Waals surface area (Å²) in [6.07, 6.45) is 2.78. The van der Waals surface area contributed by atoms with Gasteiger partial charge in [-0.25, -0.2) is 9.97 Å². The Morgan fingerprint density at radius 3 is 1.20 bits per heavy atom. The van der Waals surface area contributed by atoms with E-state index in [1.54, 1.807) is 81.7 Å². The van der Waals surface area contributed by atoms with Crippen LogP contribution in [0.5, 0.6) is 11.5 Å². The van der Waals surface area contributed by atoms with Gasteiger partial charge in [-0.2, -0.15) is 0 Å². The SMILES string of the molecule is [2H]c1c([2H])c(C(C([2H])([2H])[2H])(C([2H])([2H])[2H])C([2H])([2H])[2H])c([2H])c([2H])c1-c1ccnc(-c2[c-]c(-c3cccc4c3nc(-c3cc(C)cc(C)c3O)n4-c3ccc(-c4cc(C([2H])(C)C)cc(C([2H])(C)C)c4)cc3C([2H])([2H])[2H])cc(C(C)(C)C)c2)c1.[2H]c1c([2H])c(C(C([2H])([2H])[2H])(C([2H])([2H])[2H])C([2H])([2H])[2H])c([2H])c([2H])c1-c1ccnc(-c2[c-]c(-c3cccc4c3nc(-c3cc(C)cc(C)c3O)n4-c3ccc(C(C)(C)C)cc3-c3ccccc3)cc(C(C)(C)C)c2)c1.[Pt].[Pt]. The van der Waals surface area contributed by atoms with Gasteiger partial charge >= 0.3 is 0 Å². The molecule has 0 aliphatic carbocycles. The number of benzene rings is 12. The summed E-state index contributed by atoms with van der Waals surface area (Å²) in [5.74, 6) is -1.27. The van der Waals surface area contributed by atoms with Gasteiger partial charge in [-0.3, -0.25) is 19.1 Å². The van der Waals surface area contributed by atoms with Crippen molar-refractivity contribution in [3.05, 3.63) is 334 Å². The van der Waals surface area contributed by atoms with E-state index in [2.05, 4.69) is 98.5 Å². The molecule has 16 rings (SSSR count). The first-order valence-electron chi connectivity index (χ1n) is 56.3. The molecule has 0 aliphatic rings. The zero-order chi connectivity index (χ0) is 114. The molecule has 4 heterocycles. The number of aromatic hydroxyl groups is 2. The molecule has 0 unspecified atom stereocenters. The number of phenols is 2. The molecule has 12 aromatic carbocycles. The zero-order valence-corrected chi connectivity index (χ0v) is 77.4. The minimum atomic E-state index is -3.84. The van der Waals surface area contributed by atoms with Gasteiger partial charge in [0.05, 0.1) is 55.5 Å². The first-order chi connectivity index (χ1) is 70.8. The number of pyridine rings is 2. The van der Waals surface area contributed by atoms with Crippen molar-refractivity contribution in [1.82, 2.24) is 29.1 Å². The van der Waals surface area contributed by atoms with Crippen molar-refractivity contribution >= 4 is 22.1 Å². The number of aromatic nitrogens is 6. The number of rotatable bonds is 14. The van der Waals surface area contributed by atoms with E-state index in [9.17, 15) is 10.2 Å². The van der Waals surface area contributed by atoms with Crippen molar-refractivity contribution in [1.29, 1.82) is 0 Å². The molecular formula is C115H118N6O2Pt2-2. The van der Waals surface area contributed by atoms with Gasteiger partial charge in [-0.15, -0.1) is 58.7 Å². The monoisotopic (exact) mass is 2040 g/mol. The van der Waals surface area contributed by atoms with Gasteiger partial charge in [-0.05, 0) is 229 Å². The van der Waals surface area contributed by atoms with E-state index in [0.29, 0.717) is 106 Å². The number of aryl methyl sites for hydroxylation is 5. The van der Waals surface area contributed by atoms with Crippen molar-refractivity contribution in [2.45, 2.75) is 205 Å². The topological polar surface area (TPSA) is 102 Å². The van der Waals surface area contributed by atoms with Gasteiger partial charge in [0, 0.05) is 103 Å². The van der Waals surface area contributed by atoms with Crippen LogP contribution in [0.4, 0.5) is 0 Å². The minimum Gasteiger partial charge on any atom is -0.507 e. The summed E-state index contributed by atoms with van der Waals surface area (Å²) in [5, 5.41) is 23.7. The van der Waals surface area contributed by atoms with Crippen LogP contribution in [0.3, 0.4) is 0 Å². The van der Waals surface area contributed by atoms with Crippen LogP contribution in [0.25, 0.3) is 145 Å². The number of para-hydroxylation sites is 2. The van der Waals surface area contributed by atoms with E-state index in [1.165, 1.54) is 30.6 Å². The molecule has 0 spiro atoms. The van der Waals surface area contributed by atoms with Crippen molar-refractivity contribution in [2.24, 2.45) is 0 Å². The Balaban J connectivity index is 0.000000256. The van der Waals surface area contributed by atoms with Gasteiger partial charge in [0.25, 0.3) is 0 Å². The number of nitrogens with zero attached hydrogens (tertiary/aromatic N) is 6. The van der Waals surface area contributed by atoms with Crippen molar-refractivity contribution in [2.75, 3.05) is 0 Å². The summed E-state index contributed by atoms with van der Waals surface area (Å²) >= 11 is 0. The van der Waals surface area contributed by atoms with E-state index in [0.717, 1.165) is 50.1 Å². The number of hydrogen-bond acceptors (Lipinski definition) is 6. The first-order valence-corrected chi connectivity index (χ1v) is 40.8. The third-order valence-corrected chi connectivity index (χ3v) is 22.3. The summed E-state index contributed by atoms with van der Waals surface area (Å²) in [6, 6.07) is 58.9. The van der Waals surface area contributed by atoms with Gasteiger partial charge in [0.1, 0.15) is 23.1 Å². The van der Waals surface area contributed by atoms with Crippen LogP contribution in [-0.2, 0) is 69.2 Å². The van der Waals surface area contributed by atoms with Crippen LogP contribution in [-0.4, -0.2) is 39.3 Å². The van der Waals surface area contributed by atoms with Crippen LogP contribution in [0.2, 0.25) is 0 Å². The maximum atomic E-state index is 11.8. The Kier molecular flexibility index (Phi) is 16.8. The predicted octanol–water partition coefficient (Wildman–Crippen LogP) is 30.8. The molecule has 0 aliphatic heterocycles. The fourth-order valence-corrected chi connectivity index (χ4v) is 15.4. The van der Waals surface area contributed by atoms with E-state index in [1.807, 2.05) is 145 Å². The quantitative estimate of drug-likeness (QED) is 0.105. The van der Waals surface area contributed by atoms with Crippen molar-refractivity contribution in [3.8, 4) is 135 Å². The second-order valence-electron chi connectivity index (χ2n) is 35.5. The average Bonchev–Trinajstić information content (AvgIpc) is 0.761. The Labute approximate surface area is 814 Å². The Bertz CT molecular complexity index is 8080. The predicted molar refractivity (Wildman–Crippen MR) is 518 cm³/mol.